The first-order valence-corrected chi connectivity index (χ1v) is 6.91. The van der Waals surface area contributed by atoms with Gasteiger partial charge in [-0.2, -0.15) is 0 Å². The standard InChI is InChI=1S/C16H18N2O4/c1-9(2)8-11-14(22-16(17)21)13(19)12(15(20)18-11)10-6-4-3-5-7-10/h3-7,9H,8H2,1-2H3,(H2,17,21)(H2,18,19,20). The second-order valence-corrected chi connectivity index (χ2v) is 5.37. The monoisotopic (exact) mass is 302 g/mol. The lowest BCUT2D eigenvalue weighted by atomic mass is 10.0. The number of rotatable bonds is 4. The summed E-state index contributed by atoms with van der Waals surface area (Å²) in [5.74, 6) is -0.295. The molecule has 0 aliphatic heterocycles. The van der Waals surface area contributed by atoms with Crippen LogP contribution in [0.2, 0.25) is 0 Å². The summed E-state index contributed by atoms with van der Waals surface area (Å²) in [6.07, 6.45) is -0.619. The Kier molecular flexibility index (Phi) is 4.50. The van der Waals surface area contributed by atoms with Crippen LogP contribution in [0.4, 0.5) is 4.79 Å². The van der Waals surface area contributed by atoms with Gasteiger partial charge in [-0.15, -0.1) is 0 Å². The highest BCUT2D eigenvalue weighted by atomic mass is 16.6. The first kappa shape index (κ1) is 15.6. The van der Waals surface area contributed by atoms with Gasteiger partial charge in [0.1, 0.15) is 0 Å². The molecule has 0 bridgehead atoms. The number of hydrogen-bond donors (Lipinski definition) is 3. The maximum atomic E-state index is 12.3. The predicted octanol–water partition coefficient (Wildman–Crippen LogP) is 2.40. The molecule has 0 radical (unpaired) electrons. The molecule has 4 N–H and O–H groups in total. The fraction of sp³-hybridized carbons (Fsp3) is 0.250. The molecule has 0 saturated carbocycles. The van der Waals surface area contributed by atoms with Crippen molar-refractivity contribution in [3.63, 3.8) is 0 Å². The van der Waals surface area contributed by atoms with E-state index in [-0.39, 0.29) is 23.0 Å². The number of amides is 1. The van der Waals surface area contributed by atoms with Crippen molar-refractivity contribution in [3.05, 3.63) is 46.4 Å². The van der Waals surface area contributed by atoms with Crippen molar-refractivity contribution >= 4 is 6.09 Å². The van der Waals surface area contributed by atoms with Crippen LogP contribution in [-0.4, -0.2) is 16.2 Å². The van der Waals surface area contributed by atoms with Gasteiger partial charge in [-0.1, -0.05) is 44.2 Å². The summed E-state index contributed by atoms with van der Waals surface area (Å²) < 4.78 is 4.91. The van der Waals surface area contributed by atoms with Crippen molar-refractivity contribution in [2.45, 2.75) is 20.3 Å². The number of carbonyl (C=O) groups excluding carboxylic acids is 1. The summed E-state index contributed by atoms with van der Waals surface area (Å²) in [4.78, 5) is 26.1. The summed E-state index contributed by atoms with van der Waals surface area (Å²) in [6.45, 7) is 3.88. The molecule has 6 heteroatoms. The number of nitrogens with two attached hydrogens (primary N) is 1. The largest absolute Gasteiger partial charge is 0.504 e. The van der Waals surface area contributed by atoms with Crippen LogP contribution in [0.3, 0.4) is 0 Å². The maximum absolute atomic E-state index is 12.3. The zero-order valence-corrected chi connectivity index (χ0v) is 12.4. The van der Waals surface area contributed by atoms with Gasteiger partial charge in [0, 0.05) is 0 Å². The summed E-state index contributed by atoms with van der Waals surface area (Å²) in [5.41, 5.74) is 5.52. The number of aromatic amines is 1. The van der Waals surface area contributed by atoms with E-state index in [1.54, 1.807) is 30.3 Å². The zero-order valence-electron chi connectivity index (χ0n) is 12.4. The van der Waals surface area contributed by atoms with E-state index < -0.39 is 11.7 Å². The second kappa shape index (κ2) is 6.34. The predicted molar refractivity (Wildman–Crippen MR) is 82.9 cm³/mol. The Morgan fingerprint density at radius 1 is 1.32 bits per heavy atom. The number of benzene rings is 1. The van der Waals surface area contributed by atoms with E-state index in [4.69, 9.17) is 10.5 Å². The Hall–Kier alpha value is -2.76. The third kappa shape index (κ3) is 3.28. The highest BCUT2D eigenvalue weighted by Gasteiger charge is 2.21. The van der Waals surface area contributed by atoms with Crippen LogP contribution in [0.1, 0.15) is 19.5 Å². The molecule has 0 spiro atoms. The molecule has 0 aliphatic carbocycles. The van der Waals surface area contributed by atoms with E-state index >= 15 is 0 Å². The van der Waals surface area contributed by atoms with E-state index in [2.05, 4.69) is 4.98 Å². The number of primary amides is 1. The van der Waals surface area contributed by atoms with Crippen molar-refractivity contribution in [2.75, 3.05) is 0 Å². The van der Waals surface area contributed by atoms with E-state index in [1.165, 1.54) is 0 Å². The van der Waals surface area contributed by atoms with Crippen LogP contribution < -0.4 is 16.0 Å². The molecule has 0 atom stereocenters. The fourth-order valence-electron chi connectivity index (χ4n) is 2.26. The quantitative estimate of drug-likeness (QED) is 0.806. The third-order valence-corrected chi connectivity index (χ3v) is 3.09. The molecule has 1 aromatic carbocycles. The first-order valence-electron chi connectivity index (χ1n) is 6.91. The molecule has 0 fully saturated rings. The highest BCUT2D eigenvalue weighted by Crippen LogP contribution is 2.37. The smallest absolute Gasteiger partial charge is 0.410 e. The molecule has 0 saturated heterocycles. The van der Waals surface area contributed by atoms with Gasteiger partial charge in [0.2, 0.25) is 0 Å². The van der Waals surface area contributed by atoms with Crippen molar-refractivity contribution in [1.29, 1.82) is 0 Å². The van der Waals surface area contributed by atoms with Gasteiger partial charge in [-0.05, 0) is 17.9 Å². The van der Waals surface area contributed by atoms with E-state index in [9.17, 15) is 14.7 Å². The minimum absolute atomic E-state index is 0.0457. The normalized spacial score (nSPS) is 10.7. The highest BCUT2D eigenvalue weighted by molar-refractivity contribution is 5.76. The molecule has 1 amide bonds. The summed E-state index contributed by atoms with van der Waals surface area (Å²) in [7, 11) is 0. The van der Waals surface area contributed by atoms with Crippen molar-refractivity contribution in [2.24, 2.45) is 11.7 Å². The van der Waals surface area contributed by atoms with Crippen LogP contribution in [0, 0.1) is 5.92 Å². The summed E-state index contributed by atoms with van der Waals surface area (Å²) >= 11 is 0. The Bertz CT molecular complexity index is 736. The molecule has 1 heterocycles. The number of hydrogen-bond acceptors (Lipinski definition) is 4. The number of H-pyrrole nitrogens is 1. The topological polar surface area (TPSA) is 105 Å². The number of aromatic nitrogens is 1. The average Bonchev–Trinajstić information content (AvgIpc) is 2.43. The number of ether oxygens (including phenoxy) is 1. The molecule has 116 valence electrons. The van der Waals surface area contributed by atoms with Gasteiger partial charge in [0.25, 0.3) is 5.56 Å². The second-order valence-electron chi connectivity index (χ2n) is 5.37. The van der Waals surface area contributed by atoms with Crippen LogP contribution in [0.5, 0.6) is 11.5 Å². The molecule has 1 aromatic heterocycles. The lowest BCUT2D eigenvalue weighted by Gasteiger charge is -2.14. The average molecular weight is 302 g/mol. The van der Waals surface area contributed by atoms with Crippen LogP contribution in [-0.2, 0) is 6.42 Å². The van der Waals surface area contributed by atoms with Gasteiger partial charge >= 0.3 is 6.09 Å². The Balaban J connectivity index is 2.67. The lowest BCUT2D eigenvalue weighted by Crippen LogP contribution is -2.21. The van der Waals surface area contributed by atoms with E-state index in [0.29, 0.717) is 17.7 Å². The van der Waals surface area contributed by atoms with Crippen LogP contribution in [0.25, 0.3) is 11.1 Å². The van der Waals surface area contributed by atoms with Crippen molar-refractivity contribution in [1.82, 2.24) is 4.98 Å². The number of nitrogens with one attached hydrogen (secondary N) is 1. The van der Waals surface area contributed by atoms with Gasteiger partial charge in [0.05, 0.1) is 11.3 Å². The zero-order chi connectivity index (χ0) is 16.3. The number of aromatic hydroxyl groups is 1. The molecule has 0 aliphatic rings. The lowest BCUT2D eigenvalue weighted by molar-refractivity contribution is 0.208. The molecule has 2 rings (SSSR count). The van der Waals surface area contributed by atoms with Crippen LogP contribution in [0.15, 0.2) is 35.1 Å². The van der Waals surface area contributed by atoms with Gasteiger partial charge in [0.15, 0.2) is 11.5 Å². The Morgan fingerprint density at radius 2 is 1.95 bits per heavy atom. The molecule has 22 heavy (non-hydrogen) atoms. The first-order chi connectivity index (χ1) is 10.4. The minimum Gasteiger partial charge on any atom is -0.504 e. The Morgan fingerprint density at radius 3 is 2.50 bits per heavy atom. The van der Waals surface area contributed by atoms with Crippen molar-refractivity contribution in [3.8, 4) is 22.6 Å². The van der Waals surface area contributed by atoms with E-state index in [0.717, 1.165) is 0 Å². The SMILES string of the molecule is CC(C)Cc1[nH]c(=O)c(-c2ccccc2)c(O)c1OC(N)=O. The van der Waals surface area contributed by atoms with Gasteiger partial charge < -0.3 is 20.6 Å². The molecule has 2 aromatic rings. The third-order valence-electron chi connectivity index (χ3n) is 3.09. The fourth-order valence-corrected chi connectivity index (χ4v) is 2.26. The molecule has 6 nitrogen and oxygen atoms in total. The van der Waals surface area contributed by atoms with Gasteiger partial charge in [-0.25, -0.2) is 4.79 Å². The molecular formula is C16H18N2O4. The molecule has 0 unspecified atom stereocenters. The number of pyridine rings is 1. The minimum atomic E-state index is -1.05. The van der Waals surface area contributed by atoms with Crippen molar-refractivity contribution < 1.29 is 14.6 Å². The van der Waals surface area contributed by atoms with E-state index in [1.807, 2.05) is 13.8 Å². The summed E-state index contributed by atoms with van der Waals surface area (Å²) in [6, 6.07) is 8.64. The number of carbonyl (C=O) groups is 1. The maximum Gasteiger partial charge on any atom is 0.410 e. The van der Waals surface area contributed by atoms with Gasteiger partial charge in [-0.3, -0.25) is 4.79 Å². The van der Waals surface area contributed by atoms with Crippen LogP contribution >= 0.6 is 0 Å². The summed E-state index contributed by atoms with van der Waals surface area (Å²) in [5, 5.41) is 10.4. The molecular weight excluding hydrogens is 284 g/mol. The Labute approximate surface area is 127 Å².